The Labute approximate surface area is 184 Å². The van der Waals surface area contributed by atoms with E-state index in [0.717, 1.165) is 10.4 Å². The fourth-order valence-electron chi connectivity index (χ4n) is 4.00. The van der Waals surface area contributed by atoms with Gasteiger partial charge in [0.05, 0.1) is 6.61 Å². The van der Waals surface area contributed by atoms with E-state index in [0.29, 0.717) is 10.6 Å². The van der Waals surface area contributed by atoms with Gasteiger partial charge in [0, 0.05) is 20.0 Å². The lowest BCUT2D eigenvalue weighted by Crippen LogP contribution is -2.55. The molecule has 1 aliphatic heterocycles. The predicted molar refractivity (Wildman–Crippen MR) is 118 cm³/mol. The Bertz CT molecular complexity index is 1010. The minimum atomic E-state index is -1.42. The van der Waals surface area contributed by atoms with Gasteiger partial charge in [-0.05, 0) is 34.7 Å². The molecule has 0 amide bonds. The zero-order chi connectivity index (χ0) is 21.6. The van der Waals surface area contributed by atoms with Gasteiger partial charge in [-0.3, -0.25) is 0 Å². The Morgan fingerprint density at radius 3 is 2.43 bits per heavy atom. The summed E-state index contributed by atoms with van der Waals surface area (Å²) in [7, 11) is 0. The molecule has 1 fully saturated rings. The van der Waals surface area contributed by atoms with Crippen LogP contribution in [0, 0.1) is 0 Å². The fraction of sp³-hybridized carbons (Fsp3) is 0.391. The lowest BCUT2D eigenvalue weighted by molar-refractivity contribution is -0.231. The Morgan fingerprint density at radius 1 is 1.00 bits per heavy atom. The third-order valence-corrected chi connectivity index (χ3v) is 7.70. The highest BCUT2D eigenvalue weighted by atomic mass is 35.5. The number of ether oxygens (including phenoxy) is 1. The number of hydrogen-bond donors (Lipinski definition) is 4. The van der Waals surface area contributed by atoms with Crippen molar-refractivity contribution in [2.75, 3.05) is 6.61 Å². The van der Waals surface area contributed by atoms with Crippen LogP contribution >= 0.6 is 22.9 Å². The summed E-state index contributed by atoms with van der Waals surface area (Å²) in [5, 5.41) is 42.0. The molecule has 1 saturated heterocycles. The number of benzene rings is 2. The van der Waals surface area contributed by atoms with Crippen LogP contribution in [0.2, 0.25) is 5.02 Å². The van der Waals surface area contributed by atoms with Gasteiger partial charge >= 0.3 is 0 Å². The maximum Gasteiger partial charge on any atom is 0.113 e. The Hall–Kier alpha value is -1.51. The van der Waals surface area contributed by atoms with Gasteiger partial charge in [0.2, 0.25) is 0 Å². The number of fused-ring (bicyclic) bond motifs is 1. The van der Waals surface area contributed by atoms with Crippen LogP contribution in [-0.4, -0.2) is 51.4 Å². The quantitative estimate of drug-likeness (QED) is 0.491. The van der Waals surface area contributed by atoms with Crippen molar-refractivity contribution in [2.45, 2.75) is 49.8 Å². The number of thiophene rings is 1. The third-order valence-electron chi connectivity index (χ3n) is 5.93. The molecule has 0 saturated carbocycles. The minimum Gasteiger partial charge on any atom is -0.394 e. The van der Waals surface area contributed by atoms with Crippen LogP contribution in [0.4, 0.5) is 0 Å². The predicted octanol–water partition coefficient (Wildman–Crippen LogP) is 3.40. The highest BCUT2D eigenvalue weighted by Crippen LogP contribution is 2.43. The molecule has 5 atom stereocenters. The van der Waals surface area contributed by atoms with Crippen LogP contribution in [0.15, 0.2) is 48.5 Å². The molecule has 0 unspecified atom stereocenters. The van der Waals surface area contributed by atoms with Crippen molar-refractivity contribution in [1.82, 2.24) is 0 Å². The molecule has 0 bridgehead atoms. The number of halogens is 1. The number of aliphatic hydroxyl groups is 4. The second-order valence-electron chi connectivity index (χ2n) is 8.26. The van der Waals surface area contributed by atoms with Gasteiger partial charge in [0.25, 0.3) is 0 Å². The van der Waals surface area contributed by atoms with E-state index in [1.807, 2.05) is 18.2 Å². The van der Waals surface area contributed by atoms with E-state index < -0.39 is 42.5 Å². The van der Waals surface area contributed by atoms with E-state index >= 15 is 0 Å². The standard InChI is InChI=1S/C23H25ClO5S/c1-23(2,18-10-12-5-3-4-6-17(12)30-18)14-9-13(7-8-15(14)24)22-21(28)20(27)19(26)16(11-25)29-22/h3-10,16,19-22,25-28H,11H2,1-2H3/t16-,19-,20+,21-,22+/m1/s1. The molecular weight excluding hydrogens is 424 g/mol. The lowest BCUT2D eigenvalue weighted by Gasteiger charge is -2.40. The normalized spacial score (nSPS) is 27.5. The van der Waals surface area contributed by atoms with E-state index in [9.17, 15) is 20.4 Å². The molecular formula is C23H25ClO5S. The monoisotopic (exact) mass is 448 g/mol. The van der Waals surface area contributed by atoms with Crippen LogP contribution in [0.3, 0.4) is 0 Å². The molecule has 0 aliphatic carbocycles. The highest BCUT2D eigenvalue weighted by Gasteiger charge is 2.44. The zero-order valence-electron chi connectivity index (χ0n) is 16.7. The van der Waals surface area contributed by atoms with Gasteiger partial charge in [0.15, 0.2) is 0 Å². The van der Waals surface area contributed by atoms with Gasteiger partial charge in [-0.15, -0.1) is 11.3 Å². The van der Waals surface area contributed by atoms with Gasteiger partial charge in [-0.25, -0.2) is 0 Å². The van der Waals surface area contributed by atoms with Crippen LogP contribution in [0.1, 0.15) is 36.0 Å². The summed E-state index contributed by atoms with van der Waals surface area (Å²) in [4.78, 5) is 1.15. The first-order valence-electron chi connectivity index (χ1n) is 9.83. The summed E-state index contributed by atoms with van der Waals surface area (Å²) in [6.07, 6.45) is -5.99. The molecule has 2 heterocycles. The molecule has 30 heavy (non-hydrogen) atoms. The topological polar surface area (TPSA) is 90.2 Å². The van der Waals surface area contributed by atoms with E-state index in [4.69, 9.17) is 16.3 Å². The maximum atomic E-state index is 10.5. The van der Waals surface area contributed by atoms with Crippen LogP contribution in [0.5, 0.6) is 0 Å². The molecule has 3 aromatic rings. The minimum absolute atomic E-state index is 0.412. The van der Waals surface area contributed by atoms with Crippen molar-refractivity contribution in [1.29, 1.82) is 0 Å². The second-order valence-corrected chi connectivity index (χ2v) is 9.75. The Balaban J connectivity index is 1.74. The molecule has 4 rings (SSSR count). The molecule has 2 aromatic carbocycles. The van der Waals surface area contributed by atoms with Crippen molar-refractivity contribution < 1.29 is 25.2 Å². The van der Waals surface area contributed by atoms with Gasteiger partial charge in [-0.2, -0.15) is 0 Å². The molecule has 160 valence electrons. The molecule has 4 N–H and O–H groups in total. The van der Waals surface area contributed by atoms with Crippen LogP contribution < -0.4 is 0 Å². The Morgan fingerprint density at radius 2 is 1.73 bits per heavy atom. The summed E-state index contributed by atoms with van der Waals surface area (Å²) >= 11 is 8.29. The number of hydrogen-bond acceptors (Lipinski definition) is 6. The van der Waals surface area contributed by atoms with Crippen molar-refractivity contribution in [2.24, 2.45) is 0 Å². The van der Waals surface area contributed by atoms with Crippen LogP contribution in [-0.2, 0) is 10.2 Å². The molecule has 0 radical (unpaired) electrons. The first-order chi connectivity index (χ1) is 14.2. The highest BCUT2D eigenvalue weighted by molar-refractivity contribution is 7.19. The lowest BCUT2D eigenvalue weighted by atomic mass is 9.81. The average molecular weight is 449 g/mol. The zero-order valence-corrected chi connectivity index (χ0v) is 18.3. The van der Waals surface area contributed by atoms with Gasteiger partial charge in [-0.1, -0.05) is 55.8 Å². The second kappa shape index (κ2) is 8.20. The molecule has 0 spiro atoms. The summed E-state index contributed by atoms with van der Waals surface area (Å²) in [6.45, 7) is 3.72. The number of aliphatic hydroxyl groups excluding tert-OH is 4. The Kier molecular flexibility index (Phi) is 5.94. The fourth-order valence-corrected chi connectivity index (χ4v) is 5.53. The summed E-state index contributed by atoms with van der Waals surface area (Å²) in [6, 6.07) is 15.7. The van der Waals surface area contributed by atoms with Crippen LogP contribution in [0.25, 0.3) is 10.1 Å². The van der Waals surface area contributed by atoms with E-state index in [2.05, 4.69) is 32.0 Å². The molecule has 1 aromatic heterocycles. The van der Waals surface area contributed by atoms with E-state index in [1.54, 1.807) is 23.5 Å². The van der Waals surface area contributed by atoms with E-state index in [-0.39, 0.29) is 0 Å². The molecule has 1 aliphatic rings. The number of rotatable bonds is 4. The summed E-state index contributed by atoms with van der Waals surface area (Å²) < 4.78 is 6.92. The van der Waals surface area contributed by atoms with Gasteiger partial charge < -0.3 is 25.2 Å². The molecule has 5 nitrogen and oxygen atoms in total. The third kappa shape index (κ3) is 3.67. The largest absolute Gasteiger partial charge is 0.394 e. The summed E-state index contributed by atoms with van der Waals surface area (Å²) in [5.74, 6) is 0. The molecule has 7 heteroatoms. The summed E-state index contributed by atoms with van der Waals surface area (Å²) in [5.41, 5.74) is 1.08. The average Bonchev–Trinajstić information content (AvgIpc) is 3.18. The maximum absolute atomic E-state index is 10.5. The van der Waals surface area contributed by atoms with E-state index in [1.165, 1.54) is 10.1 Å². The van der Waals surface area contributed by atoms with Crippen molar-refractivity contribution >= 4 is 33.0 Å². The first-order valence-corrected chi connectivity index (χ1v) is 11.0. The van der Waals surface area contributed by atoms with Crippen molar-refractivity contribution in [3.63, 3.8) is 0 Å². The smallest absolute Gasteiger partial charge is 0.113 e. The van der Waals surface area contributed by atoms with Crippen molar-refractivity contribution in [3.05, 3.63) is 69.6 Å². The SMILES string of the molecule is CC(C)(c1cc2ccccc2s1)c1cc([C@@H]2O[C@H](CO)[C@@H](O)[C@H](O)[C@H]2O)ccc1Cl. The van der Waals surface area contributed by atoms with Gasteiger partial charge in [0.1, 0.15) is 30.5 Å². The first kappa shape index (κ1) is 21.7. The van der Waals surface area contributed by atoms with Crippen molar-refractivity contribution in [3.8, 4) is 0 Å².